The van der Waals surface area contributed by atoms with Gasteiger partial charge in [-0.25, -0.2) is 8.42 Å². The summed E-state index contributed by atoms with van der Waals surface area (Å²) in [7, 11) is -2.86. The van der Waals surface area contributed by atoms with Gasteiger partial charge in [-0.05, 0) is 38.5 Å². The van der Waals surface area contributed by atoms with Gasteiger partial charge in [0, 0.05) is 12.1 Å². The van der Waals surface area contributed by atoms with Crippen LogP contribution in [0, 0.1) is 5.92 Å². The lowest BCUT2D eigenvalue weighted by atomic mass is 9.84. The molecule has 2 fully saturated rings. The van der Waals surface area contributed by atoms with Gasteiger partial charge in [-0.3, -0.25) is 0 Å². The van der Waals surface area contributed by atoms with Crippen LogP contribution in [0.4, 0.5) is 0 Å². The molecule has 0 bridgehead atoms. The van der Waals surface area contributed by atoms with Crippen LogP contribution < -0.4 is 5.32 Å². The van der Waals surface area contributed by atoms with Crippen LogP contribution in [-0.2, 0) is 9.84 Å². The highest BCUT2D eigenvalue weighted by Crippen LogP contribution is 2.33. The van der Waals surface area contributed by atoms with Crippen LogP contribution in [-0.4, -0.2) is 31.5 Å². The van der Waals surface area contributed by atoms with Gasteiger partial charge < -0.3 is 5.32 Å². The van der Waals surface area contributed by atoms with Gasteiger partial charge in [-0.1, -0.05) is 13.3 Å². The predicted molar refractivity (Wildman–Crippen MR) is 66.2 cm³/mol. The van der Waals surface area contributed by atoms with Gasteiger partial charge in [0.05, 0.1) is 11.0 Å². The Labute approximate surface area is 98.9 Å². The first-order valence-corrected chi connectivity index (χ1v) is 8.22. The summed E-state index contributed by atoms with van der Waals surface area (Å²) in [6.07, 6.45) is 4.99. The van der Waals surface area contributed by atoms with Crippen molar-refractivity contribution in [2.45, 2.75) is 63.3 Å². The summed E-state index contributed by atoms with van der Waals surface area (Å²) in [5, 5.41) is 3.39. The Balaban J connectivity index is 2.19. The van der Waals surface area contributed by atoms with Crippen LogP contribution >= 0.6 is 0 Å². The topological polar surface area (TPSA) is 46.2 Å². The van der Waals surface area contributed by atoms with E-state index < -0.39 is 9.84 Å². The van der Waals surface area contributed by atoms with E-state index in [9.17, 15) is 8.42 Å². The van der Waals surface area contributed by atoms with Gasteiger partial charge >= 0.3 is 0 Å². The average Bonchev–Trinajstić information content (AvgIpc) is 2.37. The minimum absolute atomic E-state index is 0.115. The number of hydrogen-bond donors (Lipinski definition) is 1. The third kappa shape index (κ3) is 2.43. The van der Waals surface area contributed by atoms with E-state index in [1.165, 1.54) is 6.42 Å². The van der Waals surface area contributed by atoms with E-state index in [1.807, 2.05) is 0 Å². The first-order chi connectivity index (χ1) is 7.53. The lowest BCUT2D eigenvalue weighted by molar-refractivity contribution is 0.279. The molecule has 1 saturated heterocycles. The Morgan fingerprint density at radius 2 is 2.00 bits per heavy atom. The third-order valence-electron chi connectivity index (χ3n) is 4.27. The second kappa shape index (κ2) is 4.65. The lowest BCUT2D eigenvalue weighted by Gasteiger charge is -2.35. The Bertz CT molecular complexity index is 339. The van der Waals surface area contributed by atoms with Gasteiger partial charge in [-0.15, -0.1) is 0 Å². The second-order valence-electron chi connectivity index (χ2n) is 5.46. The molecule has 4 heteroatoms. The Kier molecular flexibility index (Phi) is 3.59. The number of nitrogens with one attached hydrogen (secondary N) is 1. The SMILES string of the molecule is CCC1CCC2NC(C)CCS(=O)(=O)C2C1. The van der Waals surface area contributed by atoms with E-state index in [2.05, 4.69) is 19.2 Å². The monoisotopic (exact) mass is 245 g/mol. The van der Waals surface area contributed by atoms with Crippen LogP contribution in [0.25, 0.3) is 0 Å². The number of rotatable bonds is 1. The summed E-state index contributed by atoms with van der Waals surface area (Å²) < 4.78 is 24.4. The molecule has 1 saturated carbocycles. The molecule has 3 nitrogen and oxygen atoms in total. The molecule has 0 aromatic rings. The molecule has 0 aromatic heterocycles. The van der Waals surface area contributed by atoms with Crippen molar-refractivity contribution in [2.24, 2.45) is 5.92 Å². The highest BCUT2D eigenvalue weighted by atomic mass is 32.2. The third-order valence-corrected chi connectivity index (χ3v) is 6.52. The maximum absolute atomic E-state index is 12.2. The fraction of sp³-hybridized carbons (Fsp3) is 1.00. The molecular formula is C12H23NO2S. The van der Waals surface area contributed by atoms with E-state index in [1.54, 1.807) is 0 Å². The van der Waals surface area contributed by atoms with Crippen LogP contribution in [0.1, 0.15) is 46.0 Å². The normalized spacial score (nSPS) is 43.4. The molecule has 4 unspecified atom stereocenters. The fourth-order valence-electron chi connectivity index (χ4n) is 3.11. The molecule has 4 atom stereocenters. The van der Waals surface area contributed by atoms with Crippen LogP contribution in [0.5, 0.6) is 0 Å². The molecule has 1 aliphatic heterocycles. The summed E-state index contributed by atoms with van der Waals surface area (Å²) in [5.74, 6) is 0.991. The first-order valence-electron chi connectivity index (χ1n) is 6.50. The zero-order valence-electron chi connectivity index (χ0n) is 10.3. The standard InChI is InChI=1S/C12H23NO2S/c1-3-10-4-5-11-12(8-10)16(14,15)7-6-9(2)13-11/h9-13H,3-8H2,1-2H3. The number of fused-ring (bicyclic) bond motifs is 1. The molecule has 2 rings (SSSR count). The smallest absolute Gasteiger partial charge is 0.154 e. The van der Waals surface area contributed by atoms with Crippen molar-refractivity contribution in [1.82, 2.24) is 5.32 Å². The molecule has 1 N–H and O–H groups in total. The Morgan fingerprint density at radius 1 is 1.25 bits per heavy atom. The van der Waals surface area contributed by atoms with Crippen molar-refractivity contribution in [3.8, 4) is 0 Å². The van der Waals surface area contributed by atoms with E-state index in [-0.39, 0.29) is 11.3 Å². The molecule has 2 aliphatic rings. The molecule has 0 aromatic carbocycles. The van der Waals surface area contributed by atoms with Crippen molar-refractivity contribution < 1.29 is 8.42 Å². The Hall–Kier alpha value is -0.0900. The maximum Gasteiger partial charge on any atom is 0.154 e. The summed E-state index contributed by atoms with van der Waals surface area (Å²) in [5.41, 5.74) is 0. The lowest BCUT2D eigenvalue weighted by Crippen LogP contribution is -2.48. The van der Waals surface area contributed by atoms with Gasteiger partial charge in [0.15, 0.2) is 9.84 Å². The van der Waals surface area contributed by atoms with Gasteiger partial charge in [0.2, 0.25) is 0 Å². The number of sulfone groups is 1. The van der Waals surface area contributed by atoms with E-state index in [0.717, 1.165) is 25.7 Å². The molecule has 1 heterocycles. The summed E-state index contributed by atoms with van der Waals surface area (Å²) in [6, 6.07) is 0.563. The minimum Gasteiger partial charge on any atom is -0.310 e. The predicted octanol–water partition coefficient (Wildman–Crippen LogP) is 1.73. The van der Waals surface area contributed by atoms with Crippen molar-refractivity contribution >= 4 is 9.84 Å². The zero-order valence-corrected chi connectivity index (χ0v) is 11.1. The quantitative estimate of drug-likeness (QED) is 0.765. The average molecular weight is 245 g/mol. The van der Waals surface area contributed by atoms with Crippen molar-refractivity contribution in [3.63, 3.8) is 0 Å². The van der Waals surface area contributed by atoms with Crippen molar-refractivity contribution in [3.05, 3.63) is 0 Å². The van der Waals surface area contributed by atoms with Crippen molar-refractivity contribution in [2.75, 3.05) is 5.75 Å². The van der Waals surface area contributed by atoms with E-state index >= 15 is 0 Å². The maximum atomic E-state index is 12.2. The van der Waals surface area contributed by atoms with Crippen molar-refractivity contribution in [1.29, 1.82) is 0 Å². The first kappa shape index (κ1) is 12.4. The van der Waals surface area contributed by atoms with Gasteiger partial charge in [0.1, 0.15) is 0 Å². The number of hydrogen-bond acceptors (Lipinski definition) is 3. The van der Waals surface area contributed by atoms with E-state index in [0.29, 0.717) is 17.7 Å². The Morgan fingerprint density at radius 3 is 2.69 bits per heavy atom. The van der Waals surface area contributed by atoms with Crippen LogP contribution in [0.3, 0.4) is 0 Å². The van der Waals surface area contributed by atoms with Crippen LogP contribution in [0.15, 0.2) is 0 Å². The molecule has 1 aliphatic carbocycles. The van der Waals surface area contributed by atoms with Gasteiger partial charge in [0.25, 0.3) is 0 Å². The highest BCUT2D eigenvalue weighted by Gasteiger charge is 2.40. The minimum atomic E-state index is -2.86. The zero-order chi connectivity index (χ0) is 11.8. The second-order valence-corrected chi connectivity index (χ2v) is 7.80. The molecular weight excluding hydrogens is 222 g/mol. The molecule has 94 valence electrons. The largest absolute Gasteiger partial charge is 0.310 e. The summed E-state index contributed by atoms with van der Waals surface area (Å²) in [6.45, 7) is 4.27. The molecule has 0 radical (unpaired) electrons. The fourth-order valence-corrected chi connectivity index (χ4v) is 5.38. The van der Waals surface area contributed by atoms with Crippen LogP contribution in [0.2, 0.25) is 0 Å². The highest BCUT2D eigenvalue weighted by molar-refractivity contribution is 7.92. The molecule has 0 spiro atoms. The van der Waals surface area contributed by atoms with E-state index in [4.69, 9.17) is 0 Å². The summed E-state index contributed by atoms with van der Waals surface area (Å²) in [4.78, 5) is 0. The molecule has 16 heavy (non-hydrogen) atoms. The summed E-state index contributed by atoms with van der Waals surface area (Å²) >= 11 is 0. The molecule has 0 amide bonds. The van der Waals surface area contributed by atoms with Gasteiger partial charge in [-0.2, -0.15) is 0 Å².